The van der Waals surface area contributed by atoms with Crippen molar-refractivity contribution in [3.63, 3.8) is 0 Å². The van der Waals surface area contributed by atoms with Gasteiger partial charge < -0.3 is 14.4 Å². The Morgan fingerprint density at radius 3 is 2.19 bits per heavy atom. The molecule has 0 aliphatic heterocycles. The van der Waals surface area contributed by atoms with Crippen molar-refractivity contribution in [1.29, 1.82) is 0 Å². The molecule has 3 aromatic rings. The molecule has 0 aliphatic carbocycles. The van der Waals surface area contributed by atoms with Crippen LogP contribution in [0.2, 0.25) is 0 Å². The summed E-state index contributed by atoms with van der Waals surface area (Å²) in [6.45, 7) is 6.78. The van der Waals surface area contributed by atoms with E-state index >= 15 is 0 Å². The lowest BCUT2D eigenvalue weighted by atomic mass is 9.75. The average Bonchev–Trinajstić information content (AvgIpc) is 3.10. The van der Waals surface area contributed by atoms with Gasteiger partial charge in [0.25, 0.3) is 0 Å². The van der Waals surface area contributed by atoms with Gasteiger partial charge in [0.1, 0.15) is 6.73 Å². The molecule has 1 aromatic heterocycles. The Morgan fingerprint density at radius 2 is 1.58 bits per heavy atom. The second-order valence-electron chi connectivity index (χ2n) is 7.51. The first kappa shape index (κ1) is 18.4. The lowest BCUT2D eigenvalue weighted by Crippen LogP contribution is -2.35. The molecule has 3 rings (SSSR count). The minimum Gasteiger partial charge on any atom is -0.373 e. The standard InChI is InChI=1S/C22H26N2O2/c1-21(2,3)18-12-8-9-13-19(18)22(25,17-10-6-5-7-11-17)20-23-14-15-24(20)16-26-4/h5-15,25H,16H2,1-4H3. The van der Waals surface area contributed by atoms with Crippen LogP contribution < -0.4 is 0 Å². The van der Waals surface area contributed by atoms with Crippen LogP contribution in [0.1, 0.15) is 43.3 Å². The number of aromatic nitrogens is 2. The molecule has 4 nitrogen and oxygen atoms in total. The van der Waals surface area contributed by atoms with Crippen LogP contribution in [0.3, 0.4) is 0 Å². The first-order chi connectivity index (χ1) is 12.4. The molecule has 1 heterocycles. The summed E-state index contributed by atoms with van der Waals surface area (Å²) in [6, 6.07) is 17.7. The molecule has 0 amide bonds. The zero-order valence-corrected chi connectivity index (χ0v) is 15.8. The van der Waals surface area contributed by atoms with Gasteiger partial charge in [-0.3, -0.25) is 0 Å². The van der Waals surface area contributed by atoms with E-state index in [-0.39, 0.29) is 5.41 Å². The number of hydrogen-bond acceptors (Lipinski definition) is 3. The zero-order chi connectivity index (χ0) is 18.8. The third-order valence-corrected chi connectivity index (χ3v) is 4.62. The molecule has 0 fully saturated rings. The number of methoxy groups -OCH3 is 1. The largest absolute Gasteiger partial charge is 0.373 e. The van der Waals surface area contributed by atoms with Gasteiger partial charge in [0, 0.05) is 19.5 Å². The Kier molecular flexibility index (Phi) is 4.99. The summed E-state index contributed by atoms with van der Waals surface area (Å²) in [5.41, 5.74) is 1.19. The van der Waals surface area contributed by atoms with E-state index in [1.807, 2.05) is 59.3 Å². The number of rotatable bonds is 5. The molecule has 2 aromatic carbocycles. The molecule has 0 radical (unpaired) electrons. The van der Waals surface area contributed by atoms with Crippen LogP contribution in [-0.2, 0) is 22.5 Å². The fourth-order valence-electron chi connectivity index (χ4n) is 3.41. The number of nitrogens with zero attached hydrogens (tertiary/aromatic N) is 2. The lowest BCUT2D eigenvalue weighted by Gasteiger charge is -2.34. The summed E-state index contributed by atoms with van der Waals surface area (Å²) in [5, 5.41) is 12.1. The molecule has 1 unspecified atom stereocenters. The smallest absolute Gasteiger partial charge is 0.173 e. The average molecular weight is 350 g/mol. The van der Waals surface area contributed by atoms with Crippen molar-refractivity contribution in [2.24, 2.45) is 0 Å². The summed E-state index contributed by atoms with van der Waals surface area (Å²) in [7, 11) is 1.63. The van der Waals surface area contributed by atoms with E-state index in [0.717, 1.165) is 16.7 Å². The number of hydrogen-bond donors (Lipinski definition) is 1. The quantitative estimate of drug-likeness (QED) is 0.754. The highest BCUT2D eigenvalue weighted by Gasteiger charge is 2.41. The zero-order valence-electron chi connectivity index (χ0n) is 15.8. The van der Waals surface area contributed by atoms with Gasteiger partial charge >= 0.3 is 0 Å². The van der Waals surface area contributed by atoms with Gasteiger partial charge in [-0.25, -0.2) is 4.98 Å². The van der Waals surface area contributed by atoms with Crippen molar-refractivity contribution in [2.45, 2.75) is 38.5 Å². The number of benzene rings is 2. The lowest BCUT2D eigenvalue weighted by molar-refractivity contribution is 0.0834. The van der Waals surface area contributed by atoms with E-state index in [2.05, 4.69) is 31.8 Å². The summed E-state index contributed by atoms with van der Waals surface area (Å²) < 4.78 is 7.14. The maximum absolute atomic E-state index is 12.1. The van der Waals surface area contributed by atoms with E-state index in [0.29, 0.717) is 12.6 Å². The van der Waals surface area contributed by atoms with E-state index < -0.39 is 5.60 Å². The van der Waals surface area contributed by atoms with Crippen molar-refractivity contribution < 1.29 is 9.84 Å². The highest BCUT2D eigenvalue weighted by molar-refractivity contribution is 5.48. The summed E-state index contributed by atoms with van der Waals surface area (Å²) >= 11 is 0. The summed E-state index contributed by atoms with van der Waals surface area (Å²) in [6.07, 6.45) is 3.52. The number of aliphatic hydroxyl groups is 1. The topological polar surface area (TPSA) is 47.3 Å². The van der Waals surface area contributed by atoms with Gasteiger partial charge in [0.05, 0.1) is 0 Å². The Labute approximate surface area is 155 Å². The van der Waals surface area contributed by atoms with E-state index in [1.165, 1.54) is 0 Å². The number of imidazole rings is 1. The second-order valence-corrected chi connectivity index (χ2v) is 7.51. The molecular weight excluding hydrogens is 324 g/mol. The van der Waals surface area contributed by atoms with E-state index in [4.69, 9.17) is 4.74 Å². The van der Waals surface area contributed by atoms with Gasteiger partial charge in [-0.2, -0.15) is 0 Å². The second kappa shape index (κ2) is 7.06. The Hall–Kier alpha value is -2.43. The van der Waals surface area contributed by atoms with Crippen molar-refractivity contribution >= 4 is 0 Å². The highest BCUT2D eigenvalue weighted by atomic mass is 16.5. The van der Waals surface area contributed by atoms with Gasteiger partial charge in [-0.05, 0) is 22.1 Å². The SMILES string of the molecule is COCn1ccnc1C(O)(c1ccccc1)c1ccccc1C(C)(C)C. The summed E-state index contributed by atoms with van der Waals surface area (Å²) in [5.74, 6) is 0.544. The first-order valence-electron chi connectivity index (χ1n) is 8.77. The fourth-order valence-corrected chi connectivity index (χ4v) is 3.41. The van der Waals surface area contributed by atoms with Gasteiger partial charge in [-0.15, -0.1) is 0 Å². The Bertz CT molecular complexity index is 865. The van der Waals surface area contributed by atoms with Gasteiger partial charge in [0.2, 0.25) is 0 Å². The predicted octanol–water partition coefficient (Wildman–Crippen LogP) is 4.07. The van der Waals surface area contributed by atoms with Crippen LogP contribution in [0.15, 0.2) is 67.0 Å². The third-order valence-electron chi connectivity index (χ3n) is 4.62. The fraction of sp³-hybridized carbons (Fsp3) is 0.318. The molecule has 0 aliphatic rings. The molecule has 0 spiro atoms. The van der Waals surface area contributed by atoms with Crippen LogP contribution in [0.4, 0.5) is 0 Å². The van der Waals surface area contributed by atoms with Crippen molar-refractivity contribution in [2.75, 3.05) is 7.11 Å². The highest BCUT2D eigenvalue weighted by Crippen LogP contribution is 2.40. The van der Waals surface area contributed by atoms with Crippen molar-refractivity contribution in [3.05, 3.63) is 89.5 Å². The molecule has 1 N–H and O–H groups in total. The van der Waals surface area contributed by atoms with Crippen molar-refractivity contribution in [3.8, 4) is 0 Å². The van der Waals surface area contributed by atoms with Crippen LogP contribution in [0.25, 0.3) is 0 Å². The third kappa shape index (κ3) is 3.18. The van der Waals surface area contributed by atoms with E-state index in [1.54, 1.807) is 13.3 Å². The van der Waals surface area contributed by atoms with Crippen LogP contribution in [0, 0.1) is 0 Å². The molecule has 0 saturated heterocycles. The van der Waals surface area contributed by atoms with Crippen LogP contribution in [-0.4, -0.2) is 21.8 Å². The van der Waals surface area contributed by atoms with Crippen molar-refractivity contribution in [1.82, 2.24) is 9.55 Å². The maximum Gasteiger partial charge on any atom is 0.173 e. The Morgan fingerprint density at radius 1 is 0.962 bits per heavy atom. The summed E-state index contributed by atoms with van der Waals surface area (Å²) in [4.78, 5) is 4.52. The molecule has 26 heavy (non-hydrogen) atoms. The number of ether oxygens (including phenoxy) is 1. The van der Waals surface area contributed by atoms with Crippen LogP contribution >= 0.6 is 0 Å². The molecule has 1 atom stereocenters. The maximum atomic E-state index is 12.1. The Balaban J connectivity index is 2.33. The van der Waals surface area contributed by atoms with Gasteiger partial charge in [-0.1, -0.05) is 75.4 Å². The molecular formula is C22H26N2O2. The minimum atomic E-state index is -1.38. The molecule has 4 heteroatoms. The van der Waals surface area contributed by atoms with Crippen LogP contribution in [0.5, 0.6) is 0 Å². The minimum absolute atomic E-state index is 0.127. The monoisotopic (exact) mass is 350 g/mol. The van der Waals surface area contributed by atoms with E-state index in [9.17, 15) is 5.11 Å². The van der Waals surface area contributed by atoms with Gasteiger partial charge in [0.15, 0.2) is 11.4 Å². The molecule has 0 saturated carbocycles. The molecule has 136 valence electrons. The normalized spacial score (nSPS) is 14.2. The molecule has 0 bridgehead atoms. The predicted molar refractivity (Wildman–Crippen MR) is 103 cm³/mol. The first-order valence-corrected chi connectivity index (χ1v) is 8.77.